The molecule has 3 aromatic heterocycles. The molecule has 130 valence electrons. The van der Waals surface area contributed by atoms with E-state index >= 15 is 0 Å². The van der Waals surface area contributed by atoms with Crippen LogP contribution in [0.3, 0.4) is 0 Å². The summed E-state index contributed by atoms with van der Waals surface area (Å²) in [6, 6.07) is 14.3. The summed E-state index contributed by atoms with van der Waals surface area (Å²) in [6.45, 7) is 0.682. The van der Waals surface area contributed by atoms with Crippen molar-refractivity contribution in [2.24, 2.45) is 0 Å². The lowest BCUT2D eigenvalue weighted by molar-refractivity contribution is 0.970. The molecule has 0 fully saturated rings. The number of nitrogens with one attached hydrogen (secondary N) is 1. The number of fused-ring (bicyclic) bond motifs is 1. The minimum Gasteiger partial charge on any atom is -0.381 e. The second-order valence-corrected chi connectivity index (χ2v) is 6.31. The molecule has 0 amide bonds. The smallest absolute Gasteiger partial charge is 0.224 e. The highest BCUT2D eigenvalue weighted by molar-refractivity contribution is 5.65. The van der Waals surface area contributed by atoms with E-state index in [2.05, 4.69) is 44.5 Å². The van der Waals surface area contributed by atoms with Crippen LogP contribution < -0.4 is 10.2 Å². The molecular formula is C20H20N6. The van der Waals surface area contributed by atoms with Gasteiger partial charge in [0.1, 0.15) is 5.65 Å². The maximum Gasteiger partial charge on any atom is 0.224 e. The number of benzene rings is 1. The van der Waals surface area contributed by atoms with Gasteiger partial charge in [-0.1, -0.05) is 18.2 Å². The standard InChI is InChI=1S/C20H20N6/c1-25(2)20-22-12-15(13-23-20)11-21-17-8-6-16(7-9-17)18-14-26-10-4-3-5-19(26)24-18/h3-10,12-14,21H,11H2,1-2H3. The van der Waals surface area contributed by atoms with Crippen LogP contribution in [0.5, 0.6) is 0 Å². The van der Waals surface area contributed by atoms with E-state index in [1.807, 2.05) is 66.4 Å². The van der Waals surface area contributed by atoms with Gasteiger partial charge in [0.2, 0.25) is 5.95 Å². The zero-order chi connectivity index (χ0) is 17.9. The van der Waals surface area contributed by atoms with E-state index in [-0.39, 0.29) is 0 Å². The summed E-state index contributed by atoms with van der Waals surface area (Å²) in [5, 5.41) is 3.40. The van der Waals surface area contributed by atoms with E-state index in [0.29, 0.717) is 12.5 Å². The van der Waals surface area contributed by atoms with Gasteiger partial charge >= 0.3 is 0 Å². The molecule has 26 heavy (non-hydrogen) atoms. The summed E-state index contributed by atoms with van der Waals surface area (Å²) < 4.78 is 2.03. The Morgan fingerprint density at radius 1 is 1.00 bits per heavy atom. The van der Waals surface area contributed by atoms with Crippen molar-refractivity contribution in [1.82, 2.24) is 19.4 Å². The third kappa shape index (κ3) is 3.35. The number of aromatic nitrogens is 4. The van der Waals surface area contributed by atoms with Crippen molar-refractivity contribution in [3.05, 3.63) is 72.8 Å². The van der Waals surface area contributed by atoms with Crippen molar-refractivity contribution >= 4 is 17.3 Å². The molecule has 0 spiro atoms. The monoisotopic (exact) mass is 344 g/mol. The first kappa shape index (κ1) is 16.1. The Morgan fingerprint density at radius 2 is 1.77 bits per heavy atom. The predicted octanol–water partition coefficient (Wildman–Crippen LogP) is 3.47. The van der Waals surface area contributed by atoms with Gasteiger partial charge in [-0.25, -0.2) is 15.0 Å². The largest absolute Gasteiger partial charge is 0.381 e. The average Bonchev–Trinajstić information content (AvgIpc) is 3.11. The molecule has 0 radical (unpaired) electrons. The Balaban J connectivity index is 1.44. The Morgan fingerprint density at radius 3 is 2.46 bits per heavy atom. The summed E-state index contributed by atoms with van der Waals surface area (Å²) in [5.41, 5.74) is 5.11. The lowest BCUT2D eigenvalue weighted by Crippen LogP contribution is -2.13. The molecule has 0 aliphatic heterocycles. The second kappa shape index (κ2) is 6.84. The minimum absolute atomic E-state index is 0.682. The second-order valence-electron chi connectivity index (χ2n) is 6.31. The summed E-state index contributed by atoms with van der Waals surface area (Å²) in [7, 11) is 3.86. The highest BCUT2D eigenvalue weighted by Gasteiger charge is 2.04. The molecule has 0 saturated carbocycles. The van der Waals surface area contributed by atoms with Crippen LogP contribution in [-0.4, -0.2) is 33.4 Å². The van der Waals surface area contributed by atoms with Crippen LogP contribution in [0.15, 0.2) is 67.3 Å². The van der Waals surface area contributed by atoms with Crippen LogP contribution in [0.1, 0.15) is 5.56 Å². The van der Waals surface area contributed by atoms with Crippen LogP contribution in [-0.2, 0) is 6.54 Å². The van der Waals surface area contributed by atoms with Crippen LogP contribution in [0.2, 0.25) is 0 Å². The van der Waals surface area contributed by atoms with E-state index in [1.165, 1.54) is 0 Å². The average molecular weight is 344 g/mol. The van der Waals surface area contributed by atoms with Crippen molar-refractivity contribution < 1.29 is 0 Å². The van der Waals surface area contributed by atoms with Gasteiger partial charge in [-0.05, 0) is 24.3 Å². The molecule has 0 atom stereocenters. The Hall–Kier alpha value is -3.41. The number of rotatable bonds is 5. The molecule has 4 aromatic rings. The van der Waals surface area contributed by atoms with E-state index < -0.39 is 0 Å². The van der Waals surface area contributed by atoms with Gasteiger partial charge in [0.25, 0.3) is 0 Å². The van der Waals surface area contributed by atoms with E-state index in [1.54, 1.807) is 0 Å². The highest BCUT2D eigenvalue weighted by atomic mass is 15.2. The molecule has 6 nitrogen and oxygen atoms in total. The molecular weight excluding hydrogens is 324 g/mol. The third-order valence-corrected chi connectivity index (χ3v) is 4.13. The molecule has 0 saturated heterocycles. The van der Waals surface area contributed by atoms with Crippen LogP contribution >= 0.6 is 0 Å². The number of pyridine rings is 1. The maximum atomic E-state index is 4.65. The fraction of sp³-hybridized carbons (Fsp3) is 0.150. The topological polar surface area (TPSA) is 58.4 Å². The lowest BCUT2D eigenvalue weighted by atomic mass is 10.1. The summed E-state index contributed by atoms with van der Waals surface area (Å²) in [5.74, 6) is 0.713. The van der Waals surface area contributed by atoms with Gasteiger partial charge in [0.05, 0.1) is 5.69 Å². The zero-order valence-electron chi connectivity index (χ0n) is 14.8. The van der Waals surface area contributed by atoms with Crippen molar-refractivity contribution in [3.8, 4) is 11.3 Å². The van der Waals surface area contributed by atoms with Crippen LogP contribution in [0.25, 0.3) is 16.9 Å². The maximum absolute atomic E-state index is 4.65. The highest BCUT2D eigenvalue weighted by Crippen LogP contribution is 2.21. The molecule has 6 heteroatoms. The fourth-order valence-corrected chi connectivity index (χ4v) is 2.71. The summed E-state index contributed by atoms with van der Waals surface area (Å²) in [6.07, 6.45) is 7.74. The number of nitrogens with zero attached hydrogens (tertiary/aromatic N) is 5. The Labute approximate surface area is 152 Å². The number of anilines is 2. The molecule has 0 bridgehead atoms. The zero-order valence-corrected chi connectivity index (χ0v) is 14.8. The van der Waals surface area contributed by atoms with E-state index in [4.69, 9.17) is 0 Å². The molecule has 4 rings (SSSR count). The Bertz CT molecular complexity index is 970. The first-order chi connectivity index (χ1) is 12.7. The molecule has 0 aliphatic carbocycles. The van der Waals surface area contributed by atoms with Crippen molar-refractivity contribution in [2.75, 3.05) is 24.3 Å². The van der Waals surface area contributed by atoms with Gasteiger partial charge in [-0.15, -0.1) is 0 Å². The minimum atomic E-state index is 0.682. The van der Waals surface area contributed by atoms with E-state index in [9.17, 15) is 0 Å². The van der Waals surface area contributed by atoms with Gasteiger partial charge in [-0.2, -0.15) is 0 Å². The SMILES string of the molecule is CN(C)c1ncc(CNc2ccc(-c3cn4ccccc4n3)cc2)cn1. The van der Waals surface area contributed by atoms with Gasteiger partial charge in [0, 0.05) is 62.2 Å². The number of hydrogen-bond acceptors (Lipinski definition) is 5. The van der Waals surface area contributed by atoms with E-state index in [0.717, 1.165) is 28.2 Å². The number of hydrogen-bond donors (Lipinski definition) is 1. The summed E-state index contributed by atoms with van der Waals surface area (Å²) in [4.78, 5) is 15.2. The molecule has 0 unspecified atom stereocenters. The Kier molecular flexibility index (Phi) is 4.23. The van der Waals surface area contributed by atoms with Gasteiger partial charge in [-0.3, -0.25) is 0 Å². The van der Waals surface area contributed by atoms with Gasteiger partial charge < -0.3 is 14.6 Å². The van der Waals surface area contributed by atoms with Crippen molar-refractivity contribution in [2.45, 2.75) is 6.54 Å². The normalized spacial score (nSPS) is 10.8. The summed E-state index contributed by atoms with van der Waals surface area (Å²) >= 11 is 0. The van der Waals surface area contributed by atoms with Crippen LogP contribution in [0.4, 0.5) is 11.6 Å². The predicted molar refractivity (Wildman–Crippen MR) is 104 cm³/mol. The first-order valence-electron chi connectivity index (χ1n) is 8.45. The lowest BCUT2D eigenvalue weighted by Gasteiger charge is -2.10. The van der Waals surface area contributed by atoms with Gasteiger partial charge in [0.15, 0.2) is 0 Å². The molecule has 3 heterocycles. The molecule has 1 N–H and O–H groups in total. The van der Waals surface area contributed by atoms with Crippen molar-refractivity contribution in [3.63, 3.8) is 0 Å². The fourth-order valence-electron chi connectivity index (χ4n) is 2.71. The quantitative estimate of drug-likeness (QED) is 0.601. The number of imidazole rings is 1. The first-order valence-corrected chi connectivity index (χ1v) is 8.45. The van der Waals surface area contributed by atoms with Crippen molar-refractivity contribution in [1.29, 1.82) is 0 Å². The molecule has 0 aliphatic rings. The third-order valence-electron chi connectivity index (χ3n) is 4.13. The molecule has 1 aromatic carbocycles. The van der Waals surface area contributed by atoms with Crippen LogP contribution in [0, 0.1) is 0 Å².